The molecule has 1 aliphatic heterocycles. The molecule has 234 valence electrons. The predicted octanol–water partition coefficient (Wildman–Crippen LogP) is 6.50. The number of aromatic nitrogens is 3. The summed E-state index contributed by atoms with van der Waals surface area (Å²) in [4.78, 5) is 22.8. The monoisotopic (exact) mass is 598 g/mol. The Hall–Kier alpha value is -3.08. The van der Waals surface area contributed by atoms with Crippen molar-refractivity contribution < 1.29 is 4.79 Å². The number of hydrogen-bond acceptors (Lipinski definition) is 8. The third-order valence-electron chi connectivity index (χ3n) is 6.75. The van der Waals surface area contributed by atoms with E-state index >= 15 is 0 Å². The van der Waals surface area contributed by atoms with Crippen LogP contribution >= 0.6 is 11.9 Å². The van der Waals surface area contributed by atoms with E-state index in [4.69, 9.17) is 11.6 Å². The molecule has 3 aromatic rings. The molecule has 0 spiro atoms. The quantitative estimate of drug-likeness (QED) is 0.131. The van der Waals surface area contributed by atoms with Crippen LogP contribution in [0.5, 0.6) is 0 Å². The van der Waals surface area contributed by atoms with E-state index in [0.717, 1.165) is 57.2 Å². The van der Waals surface area contributed by atoms with Crippen LogP contribution in [0.2, 0.25) is 0 Å². The number of nitrogens with one attached hydrogen (secondary N) is 2. The van der Waals surface area contributed by atoms with Gasteiger partial charge in [0, 0.05) is 54.4 Å². The number of carbonyl (C=O) groups excluding carboxylic acids is 1. The number of nitrogens with zero attached hydrogens (tertiary/aromatic N) is 4. The van der Waals surface area contributed by atoms with Crippen LogP contribution in [0.3, 0.4) is 0 Å². The van der Waals surface area contributed by atoms with Gasteiger partial charge < -0.3 is 21.0 Å². The Kier molecular flexibility index (Phi) is 17.5. The Morgan fingerprint density at radius 2 is 1.71 bits per heavy atom. The van der Waals surface area contributed by atoms with E-state index in [1.54, 1.807) is 11.9 Å². The molecule has 2 aromatic heterocycles. The van der Waals surface area contributed by atoms with Crippen LogP contribution < -0.4 is 22.3 Å². The predicted molar refractivity (Wildman–Crippen MR) is 179 cm³/mol. The Balaban J connectivity index is 0.000000773. The third-order valence-corrected chi connectivity index (χ3v) is 7.93. The largest absolute Gasteiger partial charge is 0.401 e. The summed E-state index contributed by atoms with van der Waals surface area (Å²) in [5.74, 6) is 6.18. The molecule has 4 rings (SSSR count). The number of hydrazine groups is 1. The number of carbonyl (C=O) groups is 1. The van der Waals surface area contributed by atoms with Gasteiger partial charge in [-0.1, -0.05) is 79.4 Å². The zero-order valence-corrected chi connectivity index (χ0v) is 28.1. The van der Waals surface area contributed by atoms with Crippen molar-refractivity contribution in [1.29, 1.82) is 0 Å². The van der Waals surface area contributed by atoms with E-state index in [1.807, 2.05) is 69.8 Å². The molecule has 10 heteroatoms. The average Bonchev–Trinajstić information content (AvgIpc) is 3.30. The second kappa shape index (κ2) is 19.9. The van der Waals surface area contributed by atoms with Gasteiger partial charge in [0.15, 0.2) is 0 Å². The summed E-state index contributed by atoms with van der Waals surface area (Å²) < 4.78 is 4.11. The number of unbranched alkanes of at least 4 members (excludes halogenated alkanes) is 2. The molecule has 1 aliphatic rings. The summed E-state index contributed by atoms with van der Waals surface area (Å²) >= 11 is 1.61. The van der Waals surface area contributed by atoms with Crippen molar-refractivity contribution >= 4 is 28.8 Å². The van der Waals surface area contributed by atoms with Gasteiger partial charge in [-0.05, 0) is 43.5 Å². The van der Waals surface area contributed by atoms with Crippen molar-refractivity contribution in [2.24, 2.45) is 18.6 Å². The minimum absolute atomic E-state index is 0.125. The zero-order valence-electron chi connectivity index (χ0n) is 27.3. The van der Waals surface area contributed by atoms with Crippen LogP contribution in [-0.4, -0.2) is 37.8 Å². The highest BCUT2D eigenvalue weighted by Gasteiger charge is 2.22. The number of rotatable bonds is 8. The maximum atomic E-state index is 13.0. The Morgan fingerprint density at radius 3 is 2.31 bits per heavy atom. The molecule has 1 aromatic carbocycles. The molecule has 0 radical (unpaired) electrons. The van der Waals surface area contributed by atoms with Crippen LogP contribution in [0.15, 0.2) is 46.8 Å². The molecular weight excluding hydrogens is 544 g/mol. The van der Waals surface area contributed by atoms with Gasteiger partial charge in [-0.3, -0.25) is 10.6 Å². The molecule has 9 nitrogen and oxygen atoms in total. The van der Waals surface area contributed by atoms with Crippen LogP contribution in [0.25, 0.3) is 10.9 Å². The number of fused-ring (bicyclic) bond motifs is 1. The van der Waals surface area contributed by atoms with Crippen molar-refractivity contribution in [3.05, 3.63) is 64.6 Å². The summed E-state index contributed by atoms with van der Waals surface area (Å²) in [5.41, 5.74) is 13.8. The molecule has 3 heterocycles. The smallest absolute Gasteiger partial charge is 0.268 e. The fourth-order valence-corrected chi connectivity index (χ4v) is 4.81. The SMILES string of the molecule is CC.CCCC.CCCC.Cc1ncc2c(CNC(=O)c3cc(SN4CCC(N)=C(NN)C4)c(C)n3C)cccc2n1. The highest BCUT2D eigenvalue weighted by atomic mass is 32.2. The molecule has 42 heavy (non-hydrogen) atoms. The lowest BCUT2D eigenvalue weighted by Gasteiger charge is -2.27. The lowest BCUT2D eigenvalue weighted by Crippen LogP contribution is -2.37. The van der Waals surface area contributed by atoms with Gasteiger partial charge in [0.25, 0.3) is 5.91 Å². The number of benzene rings is 1. The molecule has 0 atom stereocenters. The van der Waals surface area contributed by atoms with Crippen molar-refractivity contribution in [2.45, 2.75) is 98.9 Å². The van der Waals surface area contributed by atoms with Gasteiger partial charge in [0.2, 0.25) is 0 Å². The standard InChI is InChI=1S/C22H28N8OS.2C4H10.C2H6/c1-13-21(32-30-8-7-17(23)19(12-30)28-24)9-20(29(13)3)22(31)26-10-15-5-4-6-18-16(15)11-25-14(2)27-18;2*1-3-4-2;1-2/h4-6,9,11,28H,7-8,10,12,23-24H2,1-3H3,(H,26,31);2*3-4H2,1-2H3;1-2H3. The van der Waals surface area contributed by atoms with Gasteiger partial charge in [-0.15, -0.1) is 0 Å². The highest BCUT2D eigenvalue weighted by molar-refractivity contribution is 7.97. The number of hydrogen-bond donors (Lipinski definition) is 4. The molecule has 0 saturated carbocycles. The van der Waals surface area contributed by atoms with Gasteiger partial charge >= 0.3 is 0 Å². The summed E-state index contributed by atoms with van der Waals surface area (Å²) in [6, 6.07) is 7.82. The first kappa shape index (κ1) is 36.9. The lowest BCUT2D eigenvalue weighted by atomic mass is 10.1. The second-order valence-corrected chi connectivity index (χ2v) is 11.0. The first-order valence-corrected chi connectivity index (χ1v) is 16.0. The maximum absolute atomic E-state index is 13.0. The second-order valence-electron chi connectivity index (χ2n) is 9.84. The minimum atomic E-state index is -0.125. The molecule has 0 fully saturated rings. The van der Waals surface area contributed by atoms with Crippen LogP contribution in [0.1, 0.15) is 101 Å². The summed E-state index contributed by atoms with van der Waals surface area (Å²) in [6.45, 7) is 18.5. The average molecular weight is 599 g/mol. The Morgan fingerprint density at radius 1 is 1.07 bits per heavy atom. The van der Waals surface area contributed by atoms with Crippen LogP contribution in [-0.2, 0) is 13.6 Å². The topological polar surface area (TPSA) is 127 Å². The number of amides is 1. The van der Waals surface area contributed by atoms with Crippen LogP contribution in [0.4, 0.5) is 0 Å². The summed E-state index contributed by atoms with van der Waals surface area (Å²) in [7, 11) is 1.91. The van der Waals surface area contributed by atoms with E-state index < -0.39 is 0 Å². The van der Waals surface area contributed by atoms with Gasteiger partial charge in [-0.2, -0.15) is 0 Å². The fraction of sp³-hybridized carbons (Fsp3) is 0.531. The molecule has 1 amide bonds. The summed E-state index contributed by atoms with van der Waals surface area (Å²) in [6.07, 6.45) is 7.84. The van der Waals surface area contributed by atoms with E-state index in [0.29, 0.717) is 18.8 Å². The van der Waals surface area contributed by atoms with Crippen molar-refractivity contribution in [3.8, 4) is 0 Å². The van der Waals surface area contributed by atoms with E-state index in [1.165, 1.54) is 25.7 Å². The fourth-order valence-electron chi connectivity index (χ4n) is 3.72. The number of aryl methyl sites for hydroxylation is 1. The zero-order chi connectivity index (χ0) is 31.7. The Labute approximate surface area is 258 Å². The van der Waals surface area contributed by atoms with Crippen molar-refractivity contribution in [3.63, 3.8) is 0 Å². The first-order chi connectivity index (χ1) is 20.2. The molecular formula is C32H54N8OS. The normalized spacial score (nSPS) is 12.8. The maximum Gasteiger partial charge on any atom is 0.268 e. The van der Waals surface area contributed by atoms with Gasteiger partial charge in [0.1, 0.15) is 11.5 Å². The first-order valence-electron chi connectivity index (χ1n) is 15.2. The van der Waals surface area contributed by atoms with Gasteiger partial charge in [-0.25, -0.2) is 14.3 Å². The highest BCUT2D eigenvalue weighted by Crippen LogP contribution is 2.31. The van der Waals surface area contributed by atoms with Crippen LogP contribution in [0, 0.1) is 13.8 Å². The van der Waals surface area contributed by atoms with Crippen molar-refractivity contribution in [2.75, 3.05) is 13.1 Å². The molecule has 0 saturated heterocycles. The van der Waals surface area contributed by atoms with Crippen molar-refractivity contribution in [1.82, 2.24) is 29.6 Å². The molecule has 0 bridgehead atoms. The van der Waals surface area contributed by atoms with E-state index in [2.05, 4.69) is 52.7 Å². The Bertz CT molecular complexity index is 1260. The van der Waals surface area contributed by atoms with Gasteiger partial charge in [0.05, 0.1) is 17.8 Å². The third kappa shape index (κ3) is 11.0. The molecule has 0 aliphatic carbocycles. The van der Waals surface area contributed by atoms with E-state index in [-0.39, 0.29) is 5.91 Å². The molecule has 6 N–H and O–H groups in total. The summed E-state index contributed by atoms with van der Waals surface area (Å²) in [5, 5.41) is 3.98. The lowest BCUT2D eigenvalue weighted by molar-refractivity contribution is 0.0942. The number of nitrogens with two attached hydrogens (primary N) is 2. The molecule has 0 unspecified atom stereocenters. The minimum Gasteiger partial charge on any atom is -0.401 e. The van der Waals surface area contributed by atoms with E-state index in [9.17, 15) is 4.79 Å².